The molecule has 0 spiro atoms. The largest absolute Gasteiger partial charge is 0.472 e. The Morgan fingerprint density at radius 1 is 0.771 bits per heavy atom. The van der Waals surface area contributed by atoms with E-state index in [1.807, 2.05) is 12.3 Å². The third kappa shape index (κ3) is 4.29. The first-order valence-corrected chi connectivity index (χ1v) is 17.5. The number of aromatic nitrogens is 3. The summed E-state index contributed by atoms with van der Waals surface area (Å²) in [4.78, 5) is 10.2. The number of nitrogens with zero attached hydrogens (tertiary/aromatic N) is 4. The van der Waals surface area contributed by atoms with Gasteiger partial charge >= 0.3 is 0 Å². The van der Waals surface area contributed by atoms with Crippen molar-refractivity contribution in [3.8, 4) is 11.4 Å². The number of hydrogen-bond donors (Lipinski definition) is 0. The van der Waals surface area contributed by atoms with Crippen LogP contribution in [0.5, 0.6) is 0 Å². The molecule has 3 aromatic heterocycles. The van der Waals surface area contributed by atoms with Gasteiger partial charge < -0.3 is 9.30 Å². The van der Waals surface area contributed by atoms with Crippen LogP contribution in [-0.2, 0) is 4.74 Å². The van der Waals surface area contributed by atoms with Gasteiger partial charge in [-0.15, -0.1) is 0 Å². The molecular weight excluding hydrogens is 589 g/mol. The lowest BCUT2D eigenvalue weighted by molar-refractivity contribution is 0.104. The minimum absolute atomic E-state index is 0.128. The topological polar surface area (TPSA) is 44.3 Å². The van der Waals surface area contributed by atoms with Crippen LogP contribution in [-0.4, -0.2) is 31.7 Å². The fraction of sp³-hybridized carbons (Fsp3) is 0.302. The van der Waals surface area contributed by atoms with Crippen LogP contribution in [0.1, 0.15) is 80.2 Å². The summed E-state index contributed by atoms with van der Waals surface area (Å²) >= 11 is 0. The first-order chi connectivity index (χ1) is 23.2. The van der Waals surface area contributed by atoms with Gasteiger partial charge in [0.05, 0.1) is 22.1 Å². The van der Waals surface area contributed by atoms with E-state index in [0.717, 1.165) is 41.3 Å². The number of aliphatic imine (C=N–C) groups is 1. The highest BCUT2D eigenvalue weighted by Gasteiger charge is 2.44. The molecule has 4 heterocycles. The molecular formula is C43H42N4O. The molecule has 0 amide bonds. The number of aryl methyl sites for hydroxylation is 3. The van der Waals surface area contributed by atoms with Gasteiger partial charge in [0.1, 0.15) is 11.8 Å². The Morgan fingerprint density at radius 2 is 1.58 bits per heavy atom. The summed E-state index contributed by atoms with van der Waals surface area (Å²) in [6.07, 6.45) is 6.66. The van der Waals surface area contributed by atoms with E-state index in [1.54, 1.807) is 0 Å². The molecule has 0 radical (unpaired) electrons. The van der Waals surface area contributed by atoms with Crippen LogP contribution in [0.3, 0.4) is 0 Å². The highest BCUT2D eigenvalue weighted by atomic mass is 16.5. The van der Waals surface area contributed by atoms with Crippen LogP contribution in [0.25, 0.3) is 55.1 Å². The van der Waals surface area contributed by atoms with E-state index in [-0.39, 0.29) is 11.6 Å². The van der Waals surface area contributed by atoms with Crippen molar-refractivity contribution in [2.45, 2.75) is 84.8 Å². The molecule has 240 valence electrons. The minimum Gasteiger partial charge on any atom is -0.472 e. The van der Waals surface area contributed by atoms with Crippen molar-refractivity contribution in [3.63, 3.8) is 0 Å². The quantitative estimate of drug-likeness (QED) is 0.194. The average Bonchev–Trinajstić information content (AvgIpc) is 3.71. The van der Waals surface area contributed by atoms with Crippen molar-refractivity contribution < 1.29 is 4.74 Å². The molecule has 0 saturated heterocycles. The van der Waals surface area contributed by atoms with E-state index >= 15 is 0 Å². The molecule has 1 saturated carbocycles. The zero-order valence-corrected chi connectivity index (χ0v) is 28.8. The molecule has 2 aliphatic rings. The van der Waals surface area contributed by atoms with E-state index in [1.165, 1.54) is 73.2 Å². The summed E-state index contributed by atoms with van der Waals surface area (Å²) in [6, 6.07) is 29.5. The van der Waals surface area contributed by atoms with Gasteiger partial charge in [-0.3, -0.25) is 4.57 Å². The summed E-state index contributed by atoms with van der Waals surface area (Å²) in [5, 5.41) is 4.92. The Morgan fingerprint density at radius 3 is 2.42 bits per heavy atom. The maximum absolute atomic E-state index is 6.64. The minimum atomic E-state index is -0.128. The van der Waals surface area contributed by atoms with Gasteiger partial charge in [0.15, 0.2) is 0 Å². The molecule has 1 fully saturated rings. The zero-order chi connectivity index (χ0) is 32.9. The van der Waals surface area contributed by atoms with Gasteiger partial charge in [-0.1, -0.05) is 50.1 Å². The molecule has 48 heavy (non-hydrogen) atoms. The molecule has 0 N–H and O–H groups in total. The molecule has 0 bridgehead atoms. The number of rotatable bonds is 4. The third-order valence-electron chi connectivity index (χ3n) is 11.1. The van der Waals surface area contributed by atoms with Crippen LogP contribution in [0.2, 0.25) is 0 Å². The van der Waals surface area contributed by atoms with Crippen LogP contribution in [0.4, 0.5) is 0 Å². The Kier molecular flexibility index (Phi) is 6.43. The first kappa shape index (κ1) is 29.3. The van der Waals surface area contributed by atoms with Crippen LogP contribution >= 0.6 is 0 Å². The average molecular weight is 631 g/mol. The highest BCUT2D eigenvalue weighted by molar-refractivity contribution is 6.12. The van der Waals surface area contributed by atoms with Crippen LogP contribution in [0, 0.1) is 20.8 Å². The van der Waals surface area contributed by atoms with Crippen molar-refractivity contribution in [1.82, 2.24) is 14.1 Å². The SMILES string of the molecule is Cc1ccc2c(c1)c1ccc(-n3c4ccc(C(C)C)cc4c4cccnc43)cc1n2-c1cc(C2=N[C@]3(C)CCCC[C@@H]3O2)c(C)cc1C. The maximum atomic E-state index is 6.64. The number of hydrogen-bond acceptors (Lipinski definition) is 3. The molecule has 0 unspecified atom stereocenters. The number of pyridine rings is 1. The lowest BCUT2D eigenvalue weighted by Crippen LogP contribution is -2.37. The summed E-state index contributed by atoms with van der Waals surface area (Å²) in [5.74, 6) is 1.26. The molecule has 1 aliphatic carbocycles. The number of ether oxygens (including phenoxy) is 1. The summed E-state index contributed by atoms with van der Waals surface area (Å²) in [6.45, 7) is 13.4. The second kappa shape index (κ2) is 10.6. The predicted molar refractivity (Wildman–Crippen MR) is 199 cm³/mol. The number of fused-ring (bicyclic) bond motifs is 7. The Labute approximate surface area is 281 Å². The standard InChI is InChI=1S/C43H42N4O/c1-25(2)29-13-17-36-35(22-29)32-10-9-19-44-41(32)46(36)30-14-15-31-34-20-26(3)12-16-37(34)47(39(31)23-30)38-24-33(27(4)21-28(38)5)42-45-43(6)18-8-7-11-40(43)48-42/h9-10,12-17,19-25,40H,7-8,11,18H2,1-6H3/t40-,43+/m0/s1. The molecule has 7 aromatic rings. The van der Waals surface area contributed by atoms with Gasteiger partial charge in [-0.05, 0) is 124 Å². The molecule has 4 aromatic carbocycles. The Bertz CT molecular complexity index is 2480. The van der Waals surface area contributed by atoms with Gasteiger partial charge in [0.25, 0.3) is 0 Å². The maximum Gasteiger partial charge on any atom is 0.217 e. The third-order valence-corrected chi connectivity index (χ3v) is 11.1. The Balaban J connectivity index is 1.30. The fourth-order valence-electron chi connectivity index (χ4n) is 8.43. The van der Waals surface area contributed by atoms with E-state index in [2.05, 4.69) is 123 Å². The van der Waals surface area contributed by atoms with Crippen molar-refractivity contribution >= 4 is 49.6 Å². The second-order valence-corrected chi connectivity index (χ2v) is 14.8. The van der Waals surface area contributed by atoms with Gasteiger partial charge in [0.2, 0.25) is 5.90 Å². The highest BCUT2D eigenvalue weighted by Crippen LogP contribution is 2.41. The number of benzene rings is 4. The van der Waals surface area contributed by atoms with Crippen molar-refractivity contribution in [3.05, 3.63) is 113 Å². The van der Waals surface area contributed by atoms with E-state index in [4.69, 9.17) is 14.7 Å². The molecule has 2 atom stereocenters. The molecule has 9 rings (SSSR count). The zero-order valence-electron chi connectivity index (χ0n) is 28.8. The van der Waals surface area contributed by atoms with E-state index in [0.29, 0.717) is 5.92 Å². The van der Waals surface area contributed by atoms with Gasteiger partial charge in [-0.2, -0.15) is 0 Å². The second-order valence-electron chi connectivity index (χ2n) is 14.8. The monoisotopic (exact) mass is 630 g/mol. The lowest BCUT2D eigenvalue weighted by Gasteiger charge is -2.31. The summed E-state index contributed by atoms with van der Waals surface area (Å²) in [7, 11) is 0. The predicted octanol–water partition coefficient (Wildman–Crippen LogP) is 10.8. The van der Waals surface area contributed by atoms with Gasteiger partial charge in [-0.25, -0.2) is 9.98 Å². The molecule has 5 heteroatoms. The smallest absolute Gasteiger partial charge is 0.217 e. The van der Waals surface area contributed by atoms with Crippen molar-refractivity contribution in [2.24, 2.45) is 4.99 Å². The van der Waals surface area contributed by atoms with Gasteiger partial charge in [0, 0.05) is 44.7 Å². The molecule has 5 nitrogen and oxygen atoms in total. The summed E-state index contributed by atoms with van der Waals surface area (Å²) in [5.41, 5.74) is 12.8. The van der Waals surface area contributed by atoms with E-state index < -0.39 is 0 Å². The Hall–Kier alpha value is -4.90. The fourth-order valence-corrected chi connectivity index (χ4v) is 8.43. The van der Waals surface area contributed by atoms with Crippen molar-refractivity contribution in [2.75, 3.05) is 0 Å². The van der Waals surface area contributed by atoms with Crippen LogP contribution in [0.15, 0.2) is 90.1 Å². The summed E-state index contributed by atoms with van der Waals surface area (Å²) < 4.78 is 11.4. The van der Waals surface area contributed by atoms with E-state index in [9.17, 15) is 0 Å². The van der Waals surface area contributed by atoms with Crippen LogP contribution < -0.4 is 0 Å². The molecule has 1 aliphatic heterocycles. The lowest BCUT2D eigenvalue weighted by atomic mass is 9.82. The normalized spacial score (nSPS) is 19.5. The van der Waals surface area contributed by atoms with Crippen molar-refractivity contribution in [1.29, 1.82) is 0 Å². The first-order valence-electron chi connectivity index (χ1n) is 17.5.